The van der Waals surface area contributed by atoms with Crippen LogP contribution in [0.5, 0.6) is 0 Å². The van der Waals surface area contributed by atoms with E-state index in [1.54, 1.807) is 0 Å². The molecule has 0 bridgehead atoms. The first-order valence-electron chi connectivity index (χ1n) is 26.7. The molecule has 0 aromatic heterocycles. The van der Waals surface area contributed by atoms with Gasteiger partial charge in [0.25, 0.3) is 0 Å². The van der Waals surface area contributed by atoms with Gasteiger partial charge in [0.15, 0.2) is 0 Å². The van der Waals surface area contributed by atoms with E-state index in [1.165, 1.54) is 56.4 Å². The lowest BCUT2D eigenvalue weighted by Crippen LogP contribution is -2.46. The van der Waals surface area contributed by atoms with Crippen LogP contribution in [0.15, 0.2) is 216 Å². The van der Waals surface area contributed by atoms with Gasteiger partial charge in [-0.25, -0.2) is 0 Å². The fourth-order valence-electron chi connectivity index (χ4n) is 14.7. The van der Waals surface area contributed by atoms with E-state index in [-0.39, 0.29) is 107 Å². The van der Waals surface area contributed by atoms with Crippen LogP contribution in [-0.2, 0) is 14.2 Å². The van der Waals surface area contributed by atoms with E-state index in [2.05, 4.69) is 247 Å². The normalized spacial score (nSPS) is 37.5. The van der Waals surface area contributed by atoms with Crippen LogP contribution in [0.1, 0.15) is 52.7 Å². The molecule has 5 heteroatoms. The van der Waals surface area contributed by atoms with Crippen LogP contribution in [0.4, 0.5) is 11.4 Å². The number of nitrogens with zero attached hydrogens (tertiary/aromatic N) is 2. The van der Waals surface area contributed by atoms with Gasteiger partial charge in [0.05, 0.1) is 35.8 Å². The van der Waals surface area contributed by atoms with Crippen molar-refractivity contribution in [3.8, 4) is 0 Å². The molecule has 3 saturated heterocycles. The summed E-state index contributed by atoms with van der Waals surface area (Å²) in [4.78, 5) is 5.20. The van der Waals surface area contributed by atoms with Crippen molar-refractivity contribution in [1.29, 1.82) is 0 Å². The highest BCUT2D eigenvalue weighted by atomic mass is 16.5. The van der Waals surface area contributed by atoms with E-state index in [0.29, 0.717) is 0 Å². The number of fused-ring (bicyclic) bond motifs is 13. The van der Waals surface area contributed by atoms with Gasteiger partial charge in [-0.3, -0.25) is 0 Å². The van der Waals surface area contributed by atoms with Gasteiger partial charge in [0.1, 0.15) is 12.2 Å². The molecule has 16 unspecified atom stereocenters. The topological polar surface area (TPSA) is 34.2 Å². The van der Waals surface area contributed by atoms with Crippen molar-refractivity contribution in [3.63, 3.8) is 0 Å². The zero-order valence-electron chi connectivity index (χ0n) is 42.7. The molecule has 5 nitrogen and oxygen atoms in total. The van der Waals surface area contributed by atoms with E-state index >= 15 is 0 Å². The average Bonchev–Trinajstić information content (AvgIpc) is 4.06. The van der Waals surface area contributed by atoms with Gasteiger partial charge in [-0.1, -0.05) is 181 Å². The van der Waals surface area contributed by atoms with E-state index in [9.17, 15) is 0 Å². The second-order valence-electron chi connectivity index (χ2n) is 24.2. The van der Waals surface area contributed by atoms with Gasteiger partial charge in [-0.15, -0.1) is 0 Å². The Labute approximate surface area is 422 Å². The maximum Gasteiger partial charge on any atom is 0.106 e. The fraction of sp³-hybridized carbons (Fsp3) is 0.394. The van der Waals surface area contributed by atoms with Crippen LogP contribution in [-0.4, -0.2) is 36.6 Å². The van der Waals surface area contributed by atoms with Gasteiger partial charge in [-0.05, 0) is 95.4 Å². The second kappa shape index (κ2) is 16.9. The van der Waals surface area contributed by atoms with E-state index in [0.717, 1.165) is 0 Å². The molecular formula is C66H70N2O3. The monoisotopic (exact) mass is 939 g/mol. The molecule has 71 heavy (non-hydrogen) atoms. The highest BCUT2D eigenvalue weighted by molar-refractivity contribution is 5.66. The van der Waals surface area contributed by atoms with Crippen molar-refractivity contribution in [2.45, 2.75) is 92.0 Å². The number of hydrogen-bond donors (Lipinski definition) is 0. The SMILES string of the molecule is Cc1cccc(N(C2=CC3C(OC4C=C(N(C5=CC=CC6C5OC5C(C(C)(C)C)=CC=CC56)c5cccc(C)c5)C5C=CC=CC5C43)C3C=CC=CC23)C2=CC=CC3C2OC2C(C(C)(C)C)=CC=CC23)c1. The van der Waals surface area contributed by atoms with Crippen molar-refractivity contribution >= 4 is 11.4 Å². The lowest BCUT2D eigenvalue weighted by molar-refractivity contribution is 0.0161. The quantitative estimate of drug-likeness (QED) is 0.288. The summed E-state index contributed by atoms with van der Waals surface area (Å²) >= 11 is 0. The highest BCUT2D eigenvalue weighted by Gasteiger charge is 2.58. The number of rotatable bonds is 6. The third-order valence-corrected chi connectivity index (χ3v) is 17.9. The molecule has 2 aromatic carbocycles. The molecule has 0 N–H and O–H groups in total. The zero-order chi connectivity index (χ0) is 48.5. The molecule has 11 aliphatic rings. The predicted molar refractivity (Wildman–Crippen MR) is 289 cm³/mol. The molecule has 3 aliphatic heterocycles. The first-order valence-corrected chi connectivity index (χ1v) is 26.7. The molecule has 0 spiro atoms. The number of anilines is 2. The zero-order valence-corrected chi connectivity index (χ0v) is 42.7. The number of allylic oxidation sites excluding steroid dienone is 15. The van der Waals surface area contributed by atoms with Gasteiger partial charge in [-0.2, -0.15) is 0 Å². The largest absolute Gasteiger partial charge is 0.369 e. The van der Waals surface area contributed by atoms with Gasteiger partial charge >= 0.3 is 0 Å². The van der Waals surface area contributed by atoms with E-state index in [1.807, 2.05) is 0 Å². The summed E-state index contributed by atoms with van der Waals surface area (Å²) < 4.78 is 22.4. The van der Waals surface area contributed by atoms with E-state index < -0.39 is 0 Å². The number of benzene rings is 2. The Balaban J connectivity index is 0.917. The molecule has 2 aromatic rings. The Morgan fingerprint density at radius 2 is 0.845 bits per heavy atom. The minimum atomic E-state index is -0.0993. The van der Waals surface area contributed by atoms with Crippen molar-refractivity contribution in [2.24, 2.45) is 70.0 Å². The summed E-state index contributed by atoms with van der Waals surface area (Å²) in [6.07, 6.45) is 52.1. The maximum absolute atomic E-state index is 7.65. The number of aryl methyl sites for hydroxylation is 2. The first-order chi connectivity index (χ1) is 34.3. The third-order valence-electron chi connectivity index (χ3n) is 17.9. The number of ether oxygens (including phenoxy) is 3. The molecule has 8 aliphatic carbocycles. The highest BCUT2D eigenvalue weighted by Crippen LogP contribution is 2.59. The predicted octanol–water partition coefficient (Wildman–Crippen LogP) is 14.1. The summed E-state index contributed by atoms with van der Waals surface area (Å²) in [5.74, 6) is 2.07. The van der Waals surface area contributed by atoms with E-state index in [4.69, 9.17) is 14.2 Å². The molecule has 0 radical (unpaired) electrons. The Hall–Kier alpha value is -5.72. The molecule has 16 atom stereocenters. The van der Waals surface area contributed by atoms with Crippen molar-refractivity contribution in [3.05, 3.63) is 227 Å². The molecule has 0 amide bonds. The molecule has 13 rings (SSSR count). The van der Waals surface area contributed by atoms with Crippen LogP contribution in [0.3, 0.4) is 0 Å². The first kappa shape index (κ1) is 45.2. The molecular weight excluding hydrogens is 869 g/mol. The third kappa shape index (κ3) is 7.34. The average molecular weight is 939 g/mol. The summed E-state index contributed by atoms with van der Waals surface area (Å²) in [5, 5.41) is 0. The van der Waals surface area contributed by atoms with Crippen LogP contribution in [0.25, 0.3) is 0 Å². The smallest absolute Gasteiger partial charge is 0.106 e. The second-order valence-corrected chi connectivity index (χ2v) is 24.2. The molecule has 362 valence electrons. The maximum atomic E-state index is 7.65. The Bertz CT molecular complexity index is 2980. The fourth-order valence-corrected chi connectivity index (χ4v) is 14.7. The Morgan fingerprint density at radius 1 is 0.408 bits per heavy atom. The van der Waals surface area contributed by atoms with Crippen molar-refractivity contribution in [2.75, 3.05) is 9.80 Å². The number of hydrogen-bond acceptors (Lipinski definition) is 5. The lowest BCUT2D eigenvalue weighted by atomic mass is 9.62. The van der Waals surface area contributed by atoms with Gasteiger partial charge < -0.3 is 24.0 Å². The van der Waals surface area contributed by atoms with Gasteiger partial charge in [0, 0.05) is 76.0 Å². The Kier molecular flexibility index (Phi) is 10.8. The summed E-state index contributed by atoms with van der Waals surface area (Å²) in [6.45, 7) is 18.4. The van der Waals surface area contributed by atoms with Crippen molar-refractivity contribution in [1.82, 2.24) is 0 Å². The lowest BCUT2D eigenvalue weighted by Gasteiger charge is -2.47. The Morgan fingerprint density at radius 3 is 1.35 bits per heavy atom. The standard InChI is InChI=1S/C66H70N2O3/c1-39-19-13-21-41(35-39)67(54-33-17-29-49-47-27-15-31-52(65(3,4)5)61(47)70-63(49)54)56-37-51-59-45-25-11-9-23-43(45)57(38-58(59)69-60(51)46-26-12-10-24-44(46)56)68(42-22-14-20-40(2)36-42)55-34-18-30-50-48-28-16-32-53(66(6,7)8)62(48)71-64(50)55/h9-38,43-51,58-64H,1-8H3. The van der Waals surface area contributed by atoms with Crippen LogP contribution in [0.2, 0.25) is 0 Å². The molecule has 3 heterocycles. The summed E-state index contributed by atoms with van der Waals surface area (Å²) in [5.41, 5.74) is 12.7. The van der Waals surface area contributed by atoms with Crippen LogP contribution < -0.4 is 9.80 Å². The summed E-state index contributed by atoms with van der Waals surface area (Å²) in [6, 6.07) is 18.2. The van der Waals surface area contributed by atoms with Crippen LogP contribution in [0, 0.1) is 83.9 Å². The molecule has 0 saturated carbocycles. The summed E-state index contributed by atoms with van der Waals surface area (Å²) in [7, 11) is 0. The van der Waals surface area contributed by atoms with Crippen molar-refractivity contribution < 1.29 is 14.2 Å². The minimum Gasteiger partial charge on any atom is -0.369 e. The minimum absolute atomic E-state index is 0.00359. The van der Waals surface area contributed by atoms with Gasteiger partial charge in [0.2, 0.25) is 0 Å². The molecule has 3 fully saturated rings. The van der Waals surface area contributed by atoms with Crippen LogP contribution >= 0.6 is 0 Å².